The van der Waals surface area contributed by atoms with E-state index in [4.69, 9.17) is 0 Å². The van der Waals surface area contributed by atoms with E-state index in [0.29, 0.717) is 11.4 Å². The smallest absolute Gasteiger partial charge is 0.261 e. The van der Waals surface area contributed by atoms with Crippen molar-refractivity contribution in [3.8, 4) is 0 Å². The van der Waals surface area contributed by atoms with Gasteiger partial charge in [-0.1, -0.05) is 41.1 Å². The number of halogens is 1. The molecule has 0 saturated heterocycles. The number of thiophene rings is 1. The van der Waals surface area contributed by atoms with Gasteiger partial charge < -0.3 is 5.32 Å². The van der Waals surface area contributed by atoms with Crippen molar-refractivity contribution in [2.75, 3.05) is 6.54 Å². The molecule has 1 aromatic heterocycles. The van der Waals surface area contributed by atoms with Crippen LogP contribution < -0.4 is 5.32 Å². The molecule has 1 atom stereocenters. The molecule has 90 valence electrons. The molecule has 0 bridgehead atoms. The number of alkyl halides is 1. The summed E-state index contributed by atoms with van der Waals surface area (Å²) in [5.74, 6) is 0.0272. The van der Waals surface area contributed by atoms with Crippen molar-refractivity contribution in [1.29, 1.82) is 0 Å². The number of nitrogens with one attached hydrogen (secondary N) is 1. The fraction of sp³-hybridized carbons (Fsp3) is 0.308. The largest absolute Gasteiger partial charge is 0.351 e. The van der Waals surface area contributed by atoms with Crippen molar-refractivity contribution >= 4 is 43.3 Å². The highest BCUT2D eigenvalue weighted by Gasteiger charge is 2.09. The van der Waals surface area contributed by atoms with Crippen molar-refractivity contribution in [1.82, 2.24) is 5.32 Å². The summed E-state index contributed by atoms with van der Waals surface area (Å²) < 4.78 is 1.16. The first kappa shape index (κ1) is 12.6. The van der Waals surface area contributed by atoms with Gasteiger partial charge in [-0.25, -0.2) is 0 Å². The lowest BCUT2D eigenvalue weighted by atomic mass is 10.2. The molecule has 0 fully saturated rings. The Morgan fingerprint density at radius 2 is 2.24 bits per heavy atom. The number of hydrogen-bond acceptors (Lipinski definition) is 2. The Bertz CT molecular complexity index is 488. The molecular weight excluding hydrogens is 298 g/mol. The topological polar surface area (TPSA) is 29.1 Å². The SMILES string of the molecule is CC(Br)CCNC(=O)c1cc2ccccc2s1. The van der Waals surface area contributed by atoms with Gasteiger partial charge in [-0.2, -0.15) is 0 Å². The molecule has 0 saturated carbocycles. The molecule has 1 N–H and O–H groups in total. The van der Waals surface area contributed by atoms with Crippen molar-refractivity contribution in [3.63, 3.8) is 0 Å². The average molecular weight is 312 g/mol. The van der Waals surface area contributed by atoms with Gasteiger partial charge in [-0.3, -0.25) is 4.79 Å². The molecule has 1 heterocycles. The number of amides is 1. The lowest BCUT2D eigenvalue weighted by molar-refractivity contribution is 0.0957. The van der Waals surface area contributed by atoms with E-state index in [-0.39, 0.29) is 5.91 Å². The van der Waals surface area contributed by atoms with Crippen LogP contribution in [0.4, 0.5) is 0 Å². The quantitative estimate of drug-likeness (QED) is 0.855. The van der Waals surface area contributed by atoms with Gasteiger partial charge in [0.05, 0.1) is 4.88 Å². The number of rotatable bonds is 4. The molecule has 0 aliphatic heterocycles. The second-order valence-corrected chi connectivity index (χ2v) is 6.62. The Kier molecular flexibility index (Phi) is 4.18. The molecule has 2 rings (SSSR count). The van der Waals surface area contributed by atoms with Crippen LogP contribution in [0.2, 0.25) is 0 Å². The zero-order valence-electron chi connectivity index (χ0n) is 9.57. The van der Waals surface area contributed by atoms with Gasteiger partial charge in [0.1, 0.15) is 0 Å². The minimum Gasteiger partial charge on any atom is -0.351 e. The lowest BCUT2D eigenvalue weighted by Crippen LogP contribution is -2.24. The van der Waals surface area contributed by atoms with E-state index in [0.717, 1.165) is 21.4 Å². The Labute approximate surface area is 113 Å². The lowest BCUT2D eigenvalue weighted by Gasteiger charge is -2.04. The number of benzene rings is 1. The normalized spacial score (nSPS) is 12.6. The summed E-state index contributed by atoms with van der Waals surface area (Å²) in [4.78, 5) is 13.1. The number of hydrogen-bond donors (Lipinski definition) is 1. The third-order valence-corrected chi connectivity index (χ3v) is 4.05. The molecule has 1 aromatic carbocycles. The Balaban J connectivity index is 2.04. The summed E-state index contributed by atoms with van der Waals surface area (Å²) >= 11 is 5.00. The van der Waals surface area contributed by atoms with Crippen LogP contribution in [0.15, 0.2) is 30.3 Å². The highest BCUT2D eigenvalue weighted by Crippen LogP contribution is 2.24. The predicted molar refractivity (Wildman–Crippen MR) is 77.2 cm³/mol. The van der Waals surface area contributed by atoms with Crippen LogP contribution in [0.1, 0.15) is 23.0 Å². The summed E-state index contributed by atoms with van der Waals surface area (Å²) in [5.41, 5.74) is 0. The van der Waals surface area contributed by atoms with Gasteiger partial charge >= 0.3 is 0 Å². The molecule has 1 amide bonds. The van der Waals surface area contributed by atoms with E-state index < -0.39 is 0 Å². The molecule has 0 aliphatic carbocycles. The third-order valence-electron chi connectivity index (χ3n) is 2.48. The van der Waals surface area contributed by atoms with Crippen LogP contribution in [0, 0.1) is 0 Å². The molecule has 2 aromatic rings. The molecule has 4 heteroatoms. The van der Waals surface area contributed by atoms with Crippen LogP contribution in [0.25, 0.3) is 10.1 Å². The van der Waals surface area contributed by atoms with Crippen LogP contribution in [-0.2, 0) is 0 Å². The fourth-order valence-corrected chi connectivity index (χ4v) is 2.77. The first-order valence-electron chi connectivity index (χ1n) is 5.57. The molecule has 2 nitrogen and oxygen atoms in total. The zero-order valence-corrected chi connectivity index (χ0v) is 12.0. The fourth-order valence-electron chi connectivity index (χ4n) is 1.57. The molecule has 17 heavy (non-hydrogen) atoms. The second kappa shape index (κ2) is 5.65. The maximum absolute atomic E-state index is 11.9. The van der Waals surface area contributed by atoms with Gasteiger partial charge in [0.25, 0.3) is 5.91 Å². The van der Waals surface area contributed by atoms with Crippen LogP contribution in [0.5, 0.6) is 0 Å². The number of fused-ring (bicyclic) bond motifs is 1. The van der Waals surface area contributed by atoms with Crippen LogP contribution in [0.3, 0.4) is 0 Å². The van der Waals surface area contributed by atoms with E-state index >= 15 is 0 Å². The predicted octanol–water partition coefficient (Wildman–Crippen LogP) is 3.80. The Hall–Kier alpha value is -0.870. The van der Waals surface area contributed by atoms with Crippen molar-refractivity contribution in [3.05, 3.63) is 35.2 Å². The molecule has 0 spiro atoms. The monoisotopic (exact) mass is 311 g/mol. The summed E-state index contributed by atoms with van der Waals surface area (Å²) in [7, 11) is 0. The molecular formula is C13H14BrNOS. The summed E-state index contributed by atoms with van der Waals surface area (Å²) in [6.45, 7) is 2.78. The van der Waals surface area contributed by atoms with Crippen molar-refractivity contribution in [2.24, 2.45) is 0 Å². The van der Waals surface area contributed by atoms with Crippen molar-refractivity contribution < 1.29 is 4.79 Å². The standard InChI is InChI=1S/C13H14BrNOS/c1-9(14)6-7-15-13(16)12-8-10-4-2-3-5-11(10)17-12/h2-5,8-9H,6-7H2,1H3,(H,15,16). The number of carbonyl (C=O) groups is 1. The maximum atomic E-state index is 11.9. The minimum absolute atomic E-state index is 0.0272. The number of carbonyl (C=O) groups excluding carboxylic acids is 1. The van der Waals surface area contributed by atoms with Crippen LogP contribution >= 0.6 is 27.3 Å². The van der Waals surface area contributed by atoms with Gasteiger partial charge in [0.15, 0.2) is 0 Å². The summed E-state index contributed by atoms with van der Waals surface area (Å²) in [5, 5.41) is 4.07. The van der Waals surface area contributed by atoms with E-state index in [1.807, 2.05) is 30.3 Å². The highest BCUT2D eigenvalue weighted by molar-refractivity contribution is 9.09. The van der Waals surface area contributed by atoms with Crippen molar-refractivity contribution in [2.45, 2.75) is 18.2 Å². The summed E-state index contributed by atoms with van der Waals surface area (Å²) in [6.07, 6.45) is 0.941. The average Bonchev–Trinajstić information content (AvgIpc) is 2.71. The first-order chi connectivity index (χ1) is 8.16. The van der Waals surface area contributed by atoms with Gasteiger partial charge in [0, 0.05) is 16.1 Å². The second-order valence-electron chi connectivity index (χ2n) is 3.97. The van der Waals surface area contributed by atoms with E-state index in [2.05, 4.69) is 28.2 Å². The highest BCUT2D eigenvalue weighted by atomic mass is 79.9. The first-order valence-corrected chi connectivity index (χ1v) is 7.31. The molecule has 1 unspecified atom stereocenters. The minimum atomic E-state index is 0.0272. The Morgan fingerprint density at radius 1 is 1.47 bits per heavy atom. The maximum Gasteiger partial charge on any atom is 0.261 e. The van der Waals surface area contributed by atoms with E-state index in [1.54, 1.807) is 11.3 Å². The van der Waals surface area contributed by atoms with E-state index in [1.165, 1.54) is 0 Å². The van der Waals surface area contributed by atoms with Gasteiger partial charge in [-0.05, 0) is 23.9 Å². The zero-order chi connectivity index (χ0) is 12.3. The molecule has 0 aliphatic rings. The van der Waals surface area contributed by atoms with Gasteiger partial charge in [-0.15, -0.1) is 11.3 Å². The molecule has 0 radical (unpaired) electrons. The van der Waals surface area contributed by atoms with Crippen LogP contribution in [-0.4, -0.2) is 17.3 Å². The Morgan fingerprint density at radius 3 is 2.94 bits per heavy atom. The summed E-state index contributed by atoms with van der Waals surface area (Å²) in [6, 6.07) is 10.0. The van der Waals surface area contributed by atoms with E-state index in [9.17, 15) is 4.79 Å². The third kappa shape index (κ3) is 3.30. The van der Waals surface area contributed by atoms with Gasteiger partial charge in [0.2, 0.25) is 0 Å².